The maximum absolute atomic E-state index is 12.0. The summed E-state index contributed by atoms with van der Waals surface area (Å²) in [4.78, 5) is 13.9. The first-order valence-corrected chi connectivity index (χ1v) is 11.2. The molecule has 0 bridgehead atoms. The maximum Gasteiger partial charge on any atom is 0.240 e. The first-order chi connectivity index (χ1) is 14.0. The van der Waals surface area contributed by atoms with Gasteiger partial charge >= 0.3 is 0 Å². The smallest absolute Gasteiger partial charge is 0.240 e. The van der Waals surface area contributed by atoms with Gasteiger partial charge in [-0.2, -0.15) is 0 Å². The van der Waals surface area contributed by atoms with Gasteiger partial charge in [0, 0.05) is 38.9 Å². The summed E-state index contributed by atoms with van der Waals surface area (Å²) in [6.07, 6.45) is 1.82. The quantitative estimate of drug-likeness (QED) is 0.545. The van der Waals surface area contributed by atoms with Crippen LogP contribution in [0.3, 0.4) is 0 Å². The van der Waals surface area contributed by atoms with Gasteiger partial charge in [-0.25, -0.2) is 23.1 Å². The van der Waals surface area contributed by atoms with Crippen LogP contribution in [0, 0.1) is 0 Å². The van der Waals surface area contributed by atoms with Crippen LogP contribution in [-0.2, 0) is 16.6 Å². The lowest BCUT2D eigenvalue weighted by Gasteiger charge is -2.37. The van der Waals surface area contributed by atoms with Crippen LogP contribution in [0.5, 0.6) is 0 Å². The van der Waals surface area contributed by atoms with Gasteiger partial charge in [-0.05, 0) is 43.8 Å². The van der Waals surface area contributed by atoms with Crippen LogP contribution in [0.1, 0.15) is 12.5 Å². The summed E-state index contributed by atoms with van der Waals surface area (Å²) >= 11 is 0. The molecule has 156 valence electrons. The van der Waals surface area contributed by atoms with E-state index in [0.717, 1.165) is 50.1 Å². The highest BCUT2D eigenvalue weighted by atomic mass is 32.2. The molecule has 3 rings (SSSR count). The standard InChI is InChI=1S/C20H28N6O2S/c1-3-22-20(24-16-17-7-6-8-18(15-17)29(27,28)21-2)26-13-11-25(12-14-26)19-9-4-5-10-23-19/h4-10,15,21H,3,11-14,16H2,1-2H3,(H,22,24). The van der Waals surface area contributed by atoms with Crippen LogP contribution >= 0.6 is 0 Å². The third-order valence-corrected chi connectivity index (χ3v) is 6.19. The lowest BCUT2D eigenvalue weighted by Crippen LogP contribution is -2.52. The molecule has 0 unspecified atom stereocenters. The second-order valence-corrected chi connectivity index (χ2v) is 8.57. The molecule has 1 aliphatic heterocycles. The summed E-state index contributed by atoms with van der Waals surface area (Å²) in [5.74, 6) is 1.84. The number of anilines is 1. The van der Waals surface area contributed by atoms with E-state index in [9.17, 15) is 8.42 Å². The summed E-state index contributed by atoms with van der Waals surface area (Å²) in [7, 11) is -2.05. The highest BCUT2D eigenvalue weighted by molar-refractivity contribution is 7.89. The highest BCUT2D eigenvalue weighted by Gasteiger charge is 2.20. The van der Waals surface area contributed by atoms with Crippen molar-refractivity contribution in [1.82, 2.24) is 19.9 Å². The molecule has 0 saturated carbocycles. The van der Waals surface area contributed by atoms with Crippen molar-refractivity contribution >= 4 is 21.8 Å². The molecule has 0 radical (unpaired) electrons. The van der Waals surface area contributed by atoms with Crippen LogP contribution in [0.15, 0.2) is 58.5 Å². The number of aliphatic imine (C=N–C) groups is 1. The van der Waals surface area contributed by atoms with E-state index in [1.807, 2.05) is 37.4 Å². The Bertz CT molecular complexity index is 925. The van der Waals surface area contributed by atoms with Gasteiger partial charge < -0.3 is 15.1 Å². The number of rotatable bonds is 6. The van der Waals surface area contributed by atoms with Crippen molar-refractivity contribution in [1.29, 1.82) is 0 Å². The molecule has 29 heavy (non-hydrogen) atoms. The first-order valence-electron chi connectivity index (χ1n) is 9.75. The van der Waals surface area contributed by atoms with Crippen molar-refractivity contribution in [3.63, 3.8) is 0 Å². The minimum Gasteiger partial charge on any atom is -0.357 e. The number of sulfonamides is 1. The topological polar surface area (TPSA) is 89.9 Å². The van der Waals surface area contributed by atoms with Crippen LogP contribution in [0.25, 0.3) is 0 Å². The number of piperazine rings is 1. The number of nitrogens with one attached hydrogen (secondary N) is 2. The Balaban J connectivity index is 1.67. The molecule has 1 fully saturated rings. The van der Waals surface area contributed by atoms with Crippen molar-refractivity contribution in [3.05, 3.63) is 54.2 Å². The van der Waals surface area contributed by atoms with Gasteiger partial charge in [0.25, 0.3) is 0 Å². The molecule has 2 N–H and O–H groups in total. The Morgan fingerprint density at radius 3 is 2.59 bits per heavy atom. The van der Waals surface area contributed by atoms with E-state index in [1.54, 1.807) is 18.2 Å². The van der Waals surface area contributed by atoms with Crippen molar-refractivity contribution in [2.45, 2.75) is 18.4 Å². The normalized spacial score (nSPS) is 15.4. The van der Waals surface area contributed by atoms with E-state index in [-0.39, 0.29) is 4.90 Å². The van der Waals surface area contributed by atoms with E-state index in [2.05, 4.69) is 24.8 Å². The predicted molar refractivity (Wildman–Crippen MR) is 116 cm³/mol. The van der Waals surface area contributed by atoms with Gasteiger partial charge in [0.1, 0.15) is 5.82 Å². The second kappa shape index (κ2) is 9.71. The van der Waals surface area contributed by atoms with Crippen LogP contribution in [-0.4, -0.2) is 64.0 Å². The van der Waals surface area contributed by atoms with Gasteiger partial charge in [-0.15, -0.1) is 0 Å². The molecule has 9 heteroatoms. The molecule has 2 heterocycles. The average molecular weight is 417 g/mol. The predicted octanol–water partition coefficient (Wildman–Crippen LogP) is 1.28. The van der Waals surface area contributed by atoms with Gasteiger partial charge in [0.15, 0.2) is 5.96 Å². The average Bonchev–Trinajstić information content (AvgIpc) is 2.77. The SMILES string of the molecule is CCNC(=NCc1cccc(S(=O)(=O)NC)c1)N1CCN(c2ccccn2)CC1. The maximum atomic E-state index is 12.0. The third-order valence-electron chi connectivity index (χ3n) is 4.78. The molecule has 0 amide bonds. The zero-order valence-corrected chi connectivity index (χ0v) is 17.7. The lowest BCUT2D eigenvalue weighted by atomic mass is 10.2. The largest absolute Gasteiger partial charge is 0.357 e. The number of benzene rings is 1. The van der Waals surface area contributed by atoms with Crippen LogP contribution in [0.2, 0.25) is 0 Å². The van der Waals surface area contributed by atoms with E-state index < -0.39 is 10.0 Å². The van der Waals surface area contributed by atoms with Crippen LogP contribution < -0.4 is 14.9 Å². The first kappa shape index (κ1) is 21.1. The number of nitrogens with zero attached hydrogens (tertiary/aromatic N) is 4. The minimum atomic E-state index is -3.46. The zero-order valence-electron chi connectivity index (χ0n) is 16.9. The number of guanidine groups is 1. The molecule has 1 aromatic heterocycles. The number of hydrogen-bond donors (Lipinski definition) is 2. The molecule has 1 aliphatic rings. The Morgan fingerprint density at radius 2 is 1.93 bits per heavy atom. The van der Waals surface area contributed by atoms with E-state index in [0.29, 0.717) is 6.54 Å². The monoisotopic (exact) mass is 416 g/mol. The van der Waals surface area contributed by atoms with Crippen molar-refractivity contribution in [2.75, 3.05) is 44.7 Å². The summed E-state index contributed by atoms with van der Waals surface area (Å²) in [5.41, 5.74) is 0.851. The van der Waals surface area contributed by atoms with Crippen molar-refractivity contribution in [2.24, 2.45) is 4.99 Å². The fraction of sp³-hybridized carbons (Fsp3) is 0.400. The van der Waals surface area contributed by atoms with E-state index in [1.165, 1.54) is 7.05 Å². The molecule has 0 atom stereocenters. The van der Waals surface area contributed by atoms with Crippen LogP contribution in [0.4, 0.5) is 5.82 Å². The van der Waals surface area contributed by atoms with E-state index >= 15 is 0 Å². The Hall–Kier alpha value is -2.65. The molecule has 8 nitrogen and oxygen atoms in total. The molecule has 1 saturated heterocycles. The molecule has 1 aromatic carbocycles. The summed E-state index contributed by atoms with van der Waals surface area (Å²) in [5, 5.41) is 3.34. The molecule has 0 aliphatic carbocycles. The van der Waals surface area contributed by atoms with E-state index in [4.69, 9.17) is 4.99 Å². The summed E-state index contributed by atoms with van der Waals surface area (Å²) < 4.78 is 26.4. The van der Waals surface area contributed by atoms with Gasteiger partial charge in [0.05, 0.1) is 11.4 Å². The fourth-order valence-corrected chi connectivity index (χ4v) is 4.01. The lowest BCUT2D eigenvalue weighted by molar-refractivity contribution is 0.371. The molecular formula is C20H28N6O2S. The minimum absolute atomic E-state index is 0.252. The van der Waals surface area contributed by atoms with Gasteiger partial charge in [0.2, 0.25) is 10.0 Å². The van der Waals surface area contributed by atoms with Gasteiger partial charge in [-0.1, -0.05) is 18.2 Å². The number of aromatic nitrogens is 1. The van der Waals surface area contributed by atoms with Crippen molar-refractivity contribution in [3.8, 4) is 0 Å². The Morgan fingerprint density at radius 1 is 1.14 bits per heavy atom. The third kappa shape index (κ3) is 5.45. The highest BCUT2D eigenvalue weighted by Crippen LogP contribution is 2.14. The summed E-state index contributed by atoms with van der Waals surface area (Å²) in [6.45, 7) is 6.66. The zero-order chi connectivity index (χ0) is 20.7. The molecular weight excluding hydrogens is 388 g/mol. The Labute approximate surface area is 172 Å². The molecule has 0 spiro atoms. The summed E-state index contributed by atoms with van der Waals surface area (Å²) in [6, 6.07) is 12.8. The second-order valence-electron chi connectivity index (χ2n) is 6.69. The molecule has 2 aromatic rings. The Kier molecular flexibility index (Phi) is 7.05. The van der Waals surface area contributed by atoms with Gasteiger partial charge in [-0.3, -0.25) is 0 Å². The fourth-order valence-electron chi connectivity index (χ4n) is 3.21. The van der Waals surface area contributed by atoms with Crippen molar-refractivity contribution < 1.29 is 8.42 Å². The number of pyridine rings is 1. The number of hydrogen-bond acceptors (Lipinski definition) is 5.